The first-order chi connectivity index (χ1) is 7.99. The van der Waals surface area contributed by atoms with Crippen molar-refractivity contribution < 1.29 is 9.59 Å². The van der Waals surface area contributed by atoms with E-state index in [0.29, 0.717) is 6.54 Å². The zero-order valence-electron chi connectivity index (χ0n) is 10.4. The topological polar surface area (TPSA) is 84.2 Å². The molecular formula is C12H18ClN3O2. The largest absolute Gasteiger partial charge is 0.351 e. The van der Waals surface area contributed by atoms with Crippen LogP contribution in [0, 0.1) is 0 Å². The molecule has 100 valence electrons. The molecule has 0 aromatic heterocycles. The number of hydrogen-bond donors (Lipinski definition) is 3. The van der Waals surface area contributed by atoms with E-state index in [9.17, 15) is 9.59 Å². The van der Waals surface area contributed by atoms with E-state index in [4.69, 9.17) is 5.73 Å². The minimum atomic E-state index is -0.506. The lowest BCUT2D eigenvalue weighted by molar-refractivity contribution is -0.122. The number of nitrogens with two attached hydrogens (primary N) is 1. The van der Waals surface area contributed by atoms with Crippen LogP contribution in [0.4, 0.5) is 5.69 Å². The van der Waals surface area contributed by atoms with Gasteiger partial charge in [-0.2, -0.15) is 0 Å². The SMILES string of the molecule is CC(=O)Nc1ccc(CNC(=O)[C@@H](C)N)cc1.Cl. The second kappa shape index (κ2) is 7.68. The number of nitrogens with one attached hydrogen (secondary N) is 2. The highest BCUT2D eigenvalue weighted by Crippen LogP contribution is 2.09. The summed E-state index contributed by atoms with van der Waals surface area (Å²) in [5.41, 5.74) is 7.11. The molecule has 1 rings (SSSR count). The van der Waals surface area contributed by atoms with E-state index in [1.807, 2.05) is 12.1 Å². The Kier molecular flexibility index (Phi) is 7.00. The Morgan fingerprint density at radius 3 is 2.28 bits per heavy atom. The van der Waals surface area contributed by atoms with Crippen LogP contribution in [0.1, 0.15) is 19.4 Å². The van der Waals surface area contributed by atoms with Gasteiger partial charge in [-0.05, 0) is 24.6 Å². The van der Waals surface area contributed by atoms with Crippen LogP contribution in [0.2, 0.25) is 0 Å². The highest BCUT2D eigenvalue weighted by molar-refractivity contribution is 5.88. The third-order valence-electron chi connectivity index (χ3n) is 2.15. The molecule has 0 spiro atoms. The van der Waals surface area contributed by atoms with Gasteiger partial charge in [0.2, 0.25) is 11.8 Å². The fourth-order valence-corrected chi connectivity index (χ4v) is 1.26. The molecule has 0 fully saturated rings. The number of carbonyl (C=O) groups is 2. The van der Waals surface area contributed by atoms with E-state index in [-0.39, 0.29) is 24.2 Å². The number of amides is 2. The average Bonchev–Trinajstić information content (AvgIpc) is 2.26. The molecule has 4 N–H and O–H groups in total. The van der Waals surface area contributed by atoms with E-state index in [0.717, 1.165) is 11.3 Å². The first-order valence-electron chi connectivity index (χ1n) is 5.39. The van der Waals surface area contributed by atoms with Crippen molar-refractivity contribution in [1.82, 2.24) is 5.32 Å². The predicted octanol–water partition coefficient (Wildman–Crippen LogP) is 1.03. The Hall–Kier alpha value is -1.59. The fourth-order valence-electron chi connectivity index (χ4n) is 1.26. The minimum Gasteiger partial charge on any atom is -0.351 e. The summed E-state index contributed by atoms with van der Waals surface area (Å²) in [6.45, 7) is 3.52. The smallest absolute Gasteiger partial charge is 0.236 e. The molecule has 0 bridgehead atoms. The lowest BCUT2D eigenvalue weighted by Gasteiger charge is -2.08. The number of benzene rings is 1. The van der Waals surface area contributed by atoms with Crippen molar-refractivity contribution in [3.05, 3.63) is 29.8 Å². The Morgan fingerprint density at radius 2 is 1.83 bits per heavy atom. The van der Waals surface area contributed by atoms with E-state index < -0.39 is 6.04 Å². The van der Waals surface area contributed by atoms with Crippen LogP contribution < -0.4 is 16.4 Å². The van der Waals surface area contributed by atoms with Crippen molar-refractivity contribution in [3.63, 3.8) is 0 Å². The molecule has 6 heteroatoms. The van der Waals surface area contributed by atoms with Gasteiger partial charge < -0.3 is 16.4 Å². The standard InChI is InChI=1S/C12H17N3O2.ClH/c1-8(13)12(17)14-7-10-3-5-11(6-4-10)15-9(2)16;/h3-6,8H,7,13H2,1-2H3,(H,14,17)(H,15,16);1H/t8-;/m1./s1. The van der Waals surface area contributed by atoms with Gasteiger partial charge in [-0.3, -0.25) is 9.59 Å². The number of anilines is 1. The summed E-state index contributed by atoms with van der Waals surface area (Å²) in [5.74, 6) is -0.293. The Labute approximate surface area is 113 Å². The maximum atomic E-state index is 11.2. The van der Waals surface area contributed by atoms with Gasteiger partial charge in [0.25, 0.3) is 0 Å². The van der Waals surface area contributed by atoms with Gasteiger partial charge in [0.05, 0.1) is 6.04 Å². The lowest BCUT2D eigenvalue weighted by atomic mass is 10.2. The summed E-state index contributed by atoms with van der Waals surface area (Å²) >= 11 is 0. The van der Waals surface area contributed by atoms with Crippen molar-refractivity contribution in [2.75, 3.05) is 5.32 Å². The van der Waals surface area contributed by atoms with Gasteiger partial charge in [-0.1, -0.05) is 12.1 Å². The molecule has 0 saturated heterocycles. The Morgan fingerprint density at radius 1 is 1.28 bits per heavy atom. The van der Waals surface area contributed by atoms with E-state index in [1.165, 1.54) is 6.92 Å². The fraction of sp³-hybridized carbons (Fsp3) is 0.333. The van der Waals surface area contributed by atoms with Crippen LogP contribution in [0.3, 0.4) is 0 Å². The lowest BCUT2D eigenvalue weighted by Crippen LogP contribution is -2.37. The zero-order chi connectivity index (χ0) is 12.8. The number of hydrogen-bond acceptors (Lipinski definition) is 3. The van der Waals surface area contributed by atoms with Crippen molar-refractivity contribution in [1.29, 1.82) is 0 Å². The van der Waals surface area contributed by atoms with Gasteiger partial charge in [0, 0.05) is 19.2 Å². The Balaban J connectivity index is 0.00000289. The summed E-state index contributed by atoms with van der Waals surface area (Å²) in [6, 6.07) is 6.75. The molecule has 1 aromatic rings. The molecular weight excluding hydrogens is 254 g/mol. The van der Waals surface area contributed by atoms with Gasteiger partial charge >= 0.3 is 0 Å². The van der Waals surface area contributed by atoms with Crippen molar-refractivity contribution in [2.24, 2.45) is 5.73 Å². The monoisotopic (exact) mass is 271 g/mol. The molecule has 0 radical (unpaired) electrons. The second-order valence-electron chi connectivity index (χ2n) is 3.88. The second-order valence-corrected chi connectivity index (χ2v) is 3.88. The maximum Gasteiger partial charge on any atom is 0.236 e. The summed E-state index contributed by atoms with van der Waals surface area (Å²) in [5, 5.41) is 5.38. The van der Waals surface area contributed by atoms with Crippen molar-refractivity contribution >= 4 is 29.9 Å². The van der Waals surface area contributed by atoms with Crippen molar-refractivity contribution in [2.45, 2.75) is 26.4 Å². The summed E-state index contributed by atoms with van der Waals surface area (Å²) in [7, 11) is 0. The highest BCUT2D eigenvalue weighted by Gasteiger charge is 2.05. The molecule has 0 aliphatic rings. The van der Waals surface area contributed by atoms with Crippen LogP contribution in [0.25, 0.3) is 0 Å². The molecule has 0 saturated carbocycles. The van der Waals surface area contributed by atoms with E-state index >= 15 is 0 Å². The first kappa shape index (κ1) is 16.4. The van der Waals surface area contributed by atoms with Gasteiger partial charge in [0.1, 0.15) is 0 Å². The third-order valence-corrected chi connectivity index (χ3v) is 2.15. The van der Waals surface area contributed by atoms with Gasteiger partial charge in [0.15, 0.2) is 0 Å². The van der Waals surface area contributed by atoms with Crippen LogP contribution in [-0.2, 0) is 16.1 Å². The summed E-state index contributed by atoms with van der Waals surface area (Å²) < 4.78 is 0. The minimum absolute atomic E-state index is 0. The molecule has 0 unspecified atom stereocenters. The number of halogens is 1. The summed E-state index contributed by atoms with van der Waals surface area (Å²) in [6.07, 6.45) is 0. The van der Waals surface area contributed by atoms with Crippen LogP contribution >= 0.6 is 12.4 Å². The van der Waals surface area contributed by atoms with Crippen LogP contribution in [0.15, 0.2) is 24.3 Å². The molecule has 1 atom stereocenters. The number of carbonyl (C=O) groups excluding carboxylic acids is 2. The highest BCUT2D eigenvalue weighted by atomic mass is 35.5. The molecule has 18 heavy (non-hydrogen) atoms. The van der Waals surface area contributed by atoms with E-state index in [2.05, 4.69) is 10.6 Å². The van der Waals surface area contributed by atoms with E-state index in [1.54, 1.807) is 19.1 Å². The molecule has 0 aliphatic carbocycles. The van der Waals surface area contributed by atoms with Crippen LogP contribution in [-0.4, -0.2) is 17.9 Å². The molecule has 0 heterocycles. The van der Waals surface area contributed by atoms with Crippen LogP contribution in [0.5, 0.6) is 0 Å². The molecule has 0 aliphatic heterocycles. The zero-order valence-corrected chi connectivity index (χ0v) is 11.2. The maximum absolute atomic E-state index is 11.2. The molecule has 2 amide bonds. The normalized spacial score (nSPS) is 11.1. The predicted molar refractivity (Wildman–Crippen MR) is 73.5 cm³/mol. The average molecular weight is 272 g/mol. The molecule has 1 aromatic carbocycles. The third kappa shape index (κ3) is 5.65. The van der Waals surface area contributed by atoms with Gasteiger partial charge in [-0.15, -0.1) is 12.4 Å². The first-order valence-corrected chi connectivity index (χ1v) is 5.39. The Bertz CT molecular complexity index is 404. The van der Waals surface area contributed by atoms with Crippen molar-refractivity contribution in [3.8, 4) is 0 Å². The summed E-state index contributed by atoms with van der Waals surface area (Å²) in [4.78, 5) is 22.0. The number of rotatable bonds is 4. The van der Waals surface area contributed by atoms with Gasteiger partial charge in [-0.25, -0.2) is 0 Å². The quantitative estimate of drug-likeness (QED) is 0.765. The molecule has 5 nitrogen and oxygen atoms in total.